The van der Waals surface area contributed by atoms with Crippen LogP contribution in [0.4, 0.5) is 0 Å². The van der Waals surface area contributed by atoms with Crippen molar-refractivity contribution in [2.75, 3.05) is 10.7 Å². The second-order valence-electron chi connectivity index (χ2n) is 23.3. The van der Waals surface area contributed by atoms with Crippen LogP contribution in [0.2, 0.25) is 0 Å². The molecule has 0 saturated heterocycles. The number of carboxylic acid groups (broad SMARTS) is 4. The zero-order valence-corrected chi connectivity index (χ0v) is 66.3. The molecule has 0 aliphatic heterocycles. The molecule has 0 aliphatic carbocycles. The molecule has 6 aromatic heterocycles. The minimum atomic E-state index is -1.13. The average Bonchev–Trinajstić information content (AvgIpc) is 0.851. The van der Waals surface area contributed by atoms with E-state index in [-0.39, 0.29) is 76.9 Å². The zero-order valence-electron chi connectivity index (χ0n) is 61.3. The normalized spacial score (nSPS) is 9.67. The maximum absolute atomic E-state index is 10.1. The fourth-order valence-corrected chi connectivity index (χ4v) is 10.3. The largest absolute Gasteiger partial charge is 2.00 e. The summed E-state index contributed by atoms with van der Waals surface area (Å²) in [5, 5.41) is 40.7. The van der Waals surface area contributed by atoms with Crippen LogP contribution in [0.15, 0.2) is 364 Å². The molecule has 0 saturated carbocycles. The standard InChI is InChI=1S/2C30H26N4.4C7H6O2.2CH2Cl2.2Ni.2H2O/c2*1-3-11-24(12-4-1)29-18-9-16-27(32-29)22-34(21-26-15-7-8-20-31-26)23-28-17-10-19-30(33-28)25-13-5-2-6-14-25;4*8-7(9)6-4-2-1-3-5-6;2*2-1-3;;;;/h2*1-20H,21-23H2;4*1-5H,(H,8,9);2*1H2;;;2*1H2/q;;;;;;;;2*+2;;/p-4. The second-order valence-corrected chi connectivity index (χ2v) is 24.9. The predicted molar refractivity (Wildman–Crippen MR) is 437 cm³/mol. The molecule has 588 valence electrons. The molecule has 0 amide bonds. The molecule has 0 unspecified atom stereocenters. The van der Waals surface area contributed by atoms with Crippen molar-refractivity contribution in [3.63, 3.8) is 0 Å². The number of carboxylic acids is 4. The summed E-state index contributed by atoms with van der Waals surface area (Å²) < 4.78 is 0. The van der Waals surface area contributed by atoms with Crippen LogP contribution in [-0.4, -0.2) is 85.2 Å². The SMILES string of the molecule is ClCCl.ClCCl.O.O.O=C([O-])c1ccccc1.O=C([O-])c1ccccc1.O=C([O-])c1ccccc1.O=C([O-])c1ccccc1.[Ni+2].[Ni+2].c1ccc(-c2cccc(CN(Cc3ccccn3)Cc3cccc(-c4ccccc4)n3)n2)cc1.c1ccc(-c2cccc(CN(Cc3ccccn3)Cc3cccc(-c4ccccc4)n3)n2)cc1. The van der Waals surface area contributed by atoms with Crippen LogP contribution < -0.4 is 20.4 Å². The van der Waals surface area contributed by atoms with Gasteiger partial charge >= 0.3 is 33.0 Å². The van der Waals surface area contributed by atoms with Gasteiger partial charge < -0.3 is 50.6 Å². The van der Waals surface area contributed by atoms with Crippen LogP contribution in [0.3, 0.4) is 0 Å². The summed E-state index contributed by atoms with van der Waals surface area (Å²) in [4.78, 5) is 73.9. The van der Waals surface area contributed by atoms with Crippen LogP contribution in [0, 0.1) is 0 Å². The van der Waals surface area contributed by atoms with E-state index in [1.165, 1.54) is 48.5 Å². The number of pyridine rings is 6. The molecule has 18 nitrogen and oxygen atoms in total. The number of aromatic nitrogens is 6. The topological polar surface area (TPSA) is 307 Å². The van der Waals surface area contributed by atoms with Gasteiger partial charge in [0.2, 0.25) is 0 Å². The summed E-state index contributed by atoms with van der Waals surface area (Å²) in [5.74, 6) is -4.52. The van der Waals surface area contributed by atoms with Crippen molar-refractivity contribution in [3.05, 3.63) is 421 Å². The van der Waals surface area contributed by atoms with Gasteiger partial charge in [0.05, 0.1) is 91.5 Å². The summed E-state index contributed by atoms with van der Waals surface area (Å²) in [6.45, 7) is 4.25. The number of hydrogen-bond acceptors (Lipinski definition) is 16. The first-order valence-corrected chi connectivity index (χ1v) is 36.5. The van der Waals surface area contributed by atoms with E-state index < -0.39 is 23.9 Å². The molecular weight excluding hydrogens is 1610 g/mol. The van der Waals surface area contributed by atoms with Crippen molar-refractivity contribution in [2.24, 2.45) is 0 Å². The van der Waals surface area contributed by atoms with Gasteiger partial charge in [-0.1, -0.05) is 279 Å². The van der Waals surface area contributed by atoms with Gasteiger partial charge in [0, 0.05) is 73.9 Å². The van der Waals surface area contributed by atoms with E-state index in [1.807, 2.05) is 109 Å². The number of aromatic carboxylic acids is 4. The molecule has 6 heterocycles. The van der Waals surface area contributed by atoms with Crippen molar-refractivity contribution in [1.82, 2.24) is 39.7 Å². The maximum Gasteiger partial charge on any atom is 2.00 e. The number of hydrogen-bond donors (Lipinski definition) is 0. The number of rotatable bonds is 20. The molecule has 0 bridgehead atoms. The van der Waals surface area contributed by atoms with Crippen LogP contribution in [-0.2, 0) is 72.3 Å². The Labute approximate surface area is 704 Å². The third kappa shape index (κ3) is 36.8. The van der Waals surface area contributed by atoms with E-state index in [0.717, 1.165) is 92.3 Å². The van der Waals surface area contributed by atoms with Gasteiger partial charge in [0.25, 0.3) is 0 Å². The first-order chi connectivity index (χ1) is 53.7. The summed E-state index contributed by atoms with van der Waals surface area (Å²) in [5.41, 5.74) is 15.5. The van der Waals surface area contributed by atoms with E-state index in [9.17, 15) is 39.6 Å². The summed E-state index contributed by atoms with van der Waals surface area (Å²) in [6, 6.07) is 110. The molecule has 14 aromatic rings. The smallest absolute Gasteiger partial charge is 0.545 e. The molecule has 4 N–H and O–H groups in total. The van der Waals surface area contributed by atoms with Gasteiger partial charge in [0.1, 0.15) is 0 Å². The number of alkyl halides is 4. The van der Waals surface area contributed by atoms with E-state index in [2.05, 4.69) is 153 Å². The molecule has 24 heteroatoms. The summed E-state index contributed by atoms with van der Waals surface area (Å²) >= 11 is 19.1. The summed E-state index contributed by atoms with van der Waals surface area (Å²) in [6.07, 6.45) is 3.69. The third-order valence-electron chi connectivity index (χ3n) is 15.3. The van der Waals surface area contributed by atoms with E-state index >= 15 is 0 Å². The Morgan fingerprint density at radius 1 is 0.237 bits per heavy atom. The molecular formula is C90H80Cl4N8Ni2O10. The van der Waals surface area contributed by atoms with Gasteiger partial charge in [0.15, 0.2) is 0 Å². The Bertz CT molecular complexity index is 4360. The second kappa shape index (κ2) is 56.7. The average molecular weight is 1690 g/mol. The maximum atomic E-state index is 10.1. The number of carbonyl (C=O) groups is 4. The Morgan fingerprint density at radius 3 is 0.570 bits per heavy atom. The fraction of sp³-hybridized carbons (Fsp3) is 0.0889. The molecule has 14 rings (SSSR count). The molecule has 0 radical (unpaired) electrons. The van der Waals surface area contributed by atoms with Crippen LogP contribution in [0.5, 0.6) is 0 Å². The quantitative estimate of drug-likeness (QED) is 0.0505. The van der Waals surface area contributed by atoms with Gasteiger partial charge in [-0.2, -0.15) is 0 Å². The van der Waals surface area contributed by atoms with Crippen molar-refractivity contribution in [2.45, 2.75) is 39.3 Å². The van der Waals surface area contributed by atoms with Crippen LogP contribution >= 0.6 is 46.4 Å². The van der Waals surface area contributed by atoms with E-state index in [1.54, 1.807) is 72.8 Å². The number of benzene rings is 8. The Kier molecular flexibility index (Phi) is 48.1. The molecule has 0 atom stereocenters. The number of carbonyl (C=O) groups excluding carboxylic acids is 4. The molecule has 0 fully saturated rings. The van der Waals surface area contributed by atoms with Gasteiger partial charge in [-0.05, 0) is 95.1 Å². The van der Waals surface area contributed by atoms with Crippen molar-refractivity contribution < 1.29 is 83.5 Å². The monoisotopic (exact) mass is 1690 g/mol. The Balaban J connectivity index is 0.000000385. The van der Waals surface area contributed by atoms with Crippen LogP contribution in [0.1, 0.15) is 75.6 Å². The van der Waals surface area contributed by atoms with E-state index in [4.69, 9.17) is 66.3 Å². The molecule has 114 heavy (non-hydrogen) atoms. The van der Waals surface area contributed by atoms with Gasteiger partial charge in [-0.25, -0.2) is 0 Å². The van der Waals surface area contributed by atoms with Crippen molar-refractivity contribution >= 4 is 70.3 Å². The van der Waals surface area contributed by atoms with Crippen molar-refractivity contribution in [3.8, 4) is 45.0 Å². The first kappa shape index (κ1) is 96.7. The zero-order chi connectivity index (χ0) is 78.2. The van der Waals surface area contributed by atoms with Crippen molar-refractivity contribution in [1.29, 1.82) is 0 Å². The Morgan fingerprint density at radius 2 is 0.404 bits per heavy atom. The first-order valence-electron chi connectivity index (χ1n) is 34.3. The molecule has 0 aliphatic rings. The number of halogens is 4. The molecule has 0 spiro atoms. The van der Waals surface area contributed by atoms with E-state index in [0.29, 0.717) is 26.2 Å². The molecule has 8 aromatic carbocycles. The fourth-order valence-electron chi connectivity index (χ4n) is 10.3. The Hall–Kier alpha value is -11.5. The van der Waals surface area contributed by atoms with Gasteiger partial charge in [-0.15, -0.1) is 46.4 Å². The third-order valence-corrected chi connectivity index (χ3v) is 15.3. The minimum absolute atomic E-state index is 0. The number of nitrogens with zero attached hydrogens (tertiary/aromatic N) is 8. The van der Waals surface area contributed by atoms with Crippen LogP contribution in [0.25, 0.3) is 45.0 Å². The van der Waals surface area contributed by atoms with Gasteiger partial charge in [-0.3, -0.25) is 39.7 Å². The predicted octanol–water partition coefficient (Wildman–Crippen LogP) is 14.2. The summed E-state index contributed by atoms with van der Waals surface area (Å²) in [7, 11) is 0. The minimum Gasteiger partial charge on any atom is -0.545 e.